The Kier molecular flexibility index (Phi) is 3.80. The lowest BCUT2D eigenvalue weighted by molar-refractivity contribution is -0.141. The van der Waals surface area contributed by atoms with E-state index in [0.29, 0.717) is 29.6 Å². The van der Waals surface area contributed by atoms with Crippen LogP contribution in [-0.4, -0.2) is 29.1 Å². The number of anilines is 1. The van der Waals surface area contributed by atoms with Crippen molar-refractivity contribution in [3.63, 3.8) is 0 Å². The van der Waals surface area contributed by atoms with Gasteiger partial charge in [0.15, 0.2) is 0 Å². The van der Waals surface area contributed by atoms with E-state index < -0.39 is 11.9 Å². The SMILES string of the molecule is O=C(O)C1CCCN(c2ccnc3c(Br)ccc(F)c23)C1. The van der Waals surface area contributed by atoms with Crippen LogP contribution in [0.5, 0.6) is 0 Å². The molecule has 2 heterocycles. The number of pyridine rings is 1. The second-order valence-electron chi connectivity index (χ2n) is 5.21. The highest BCUT2D eigenvalue weighted by molar-refractivity contribution is 9.10. The van der Waals surface area contributed by atoms with Crippen molar-refractivity contribution in [2.24, 2.45) is 5.92 Å². The quantitative estimate of drug-likeness (QED) is 0.899. The van der Waals surface area contributed by atoms with Crippen molar-refractivity contribution >= 4 is 38.5 Å². The number of nitrogens with zero attached hydrogens (tertiary/aromatic N) is 2. The Morgan fingerprint density at radius 3 is 3.00 bits per heavy atom. The van der Waals surface area contributed by atoms with Crippen LogP contribution in [0.4, 0.5) is 10.1 Å². The first-order valence-electron chi connectivity index (χ1n) is 6.78. The molecule has 21 heavy (non-hydrogen) atoms. The minimum absolute atomic E-state index is 0.339. The minimum Gasteiger partial charge on any atom is -0.481 e. The van der Waals surface area contributed by atoms with Gasteiger partial charge in [0.25, 0.3) is 0 Å². The average Bonchev–Trinajstić information content (AvgIpc) is 2.50. The molecule has 1 unspecified atom stereocenters. The molecule has 0 spiro atoms. The van der Waals surface area contributed by atoms with Gasteiger partial charge in [0, 0.05) is 23.8 Å². The number of aliphatic carboxylic acids is 1. The second kappa shape index (κ2) is 5.60. The number of halogens is 2. The van der Waals surface area contributed by atoms with Gasteiger partial charge in [0.05, 0.1) is 22.5 Å². The molecule has 1 aliphatic heterocycles. The van der Waals surface area contributed by atoms with Crippen molar-refractivity contribution in [3.8, 4) is 0 Å². The minimum atomic E-state index is -0.792. The van der Waals surface area contributed by atoms with Crippen LogP contribution in [0.2, 0.25) is 0 Å². The molecule has 0 bridgehead atoms. The van der Waals surface area contributed by atoms with Crippen molar-refractivity contribution in [2.45, 2.75) is 12.8 Å². The monoisotopic (exact) mass is 352 g/mol. The van der Waals surface area contributed by atoms with Gasteiger partial charge >= 0.3 is 5.97 Å². The third-order valence-electron chi connectivity index (χ3n) is 3.88. The van der Waals surface area contributed by atoms with E-state index in [9.17, 15) is 14.3 Å². The summed E-state index contributed by atoms with van der Waals surface area (Å²) >= 11 is 3.38. The molecule has 110 valence electrons. The molecule has 0 aliphatic carbocycles. The molecule has 2 aromatic rings. The summed E-state index contributed by atoms with van der Waals surface area (Å²) in [5.41, 5.74) is 1.27. The lowest BCUT2D eigenvalue weighted by Gasteiger charge is -2.33. The third-order valence-corrected chi connectivity index (χ3v) is 4.52. The first-order chi connectivity index (χ1) is 10.1. The molecule has 1 N–H and O–H groups in total. The van der Waals surface area contributed by atoms with Gasteiger partial charge in [-0.25, -0.2) is 4.39 Å². The number of carboxylic acids is 1. The topological polar surface area (TPSA) is 53.4 Å². The molecule has 1 aliphatic rings. The Morgan fingerprint density at radius 2 is 2.24 bits per heavy atom. The van der Waals surface area contributed by atoms with E-state index in [0.717, 1.165) is 17.4 Å². The number of fused-ring (bicyclic) bond motifs is 1. The molecule has 0 saturated carbocycles. The maximum Gasteiger partial charge on any atom is 0.308 e. The Bertz CT molecular complexity index is 707. The molecule has 1 atom stereocenters. The maximum atomic E-state index is 14.2. The van der Waals surface area contributed by atoms with Gasteiger partial charge in [-0.1, -0.05) is 0 Å². The molecular weight excluding hydrogens is 339 g/mol. The van der Waals surface area contributed by atoms with Crippen LogP contribution in [-0.2, 0) is 4.79 Å². The molecule has 3 rings (SSSR count). The zero-order valence-corrected chi connectivity index (χ0v) is 12.8. The first-order valence-corrected chi connectivity index (χ1v) is 7.57. The van der Waals surface area contributed by atoms with Gasteiger partial charge in [0.2, 0.25) is 0 Å². The second-order valence-corrected chi connectivity index (χ2v) is 6.06. The Hall–Kier alpha value is -1.69. The number of benzene rings is 1. The predicted octanol–water partition coefficient (Wildman–Crippen LogP) is 3.44. The van der Waals surface area contributed by atoms with Gasteiger partial charge in [-0.15, -0.1) is 0 Å². The number of hydrogen-bond acceptors (Lipinski definition) is 3. The van der Waals surface area contributed by atoms with Crippen LogP contribution in [0.1, 0.15) is 12.8 Å². The van der Waals surface area contributed by atoms with Crippen LogP contribution >= 0.6 is 15.9 Å². The van der Waals surface area contributed by atoms with Gasteiger partial charge in [0.1, 0.15) is 5.82 Å². The molecule has 1 fully saturated rings. The van der Waals surface area contributed by atoms with Crippen molar-refractivity contribution in [1.29, 1.82) is 0 Å². The van der Waals surface area contributed by atoms with Crippen LogP contribution in [0.15, 0.2) is 28.9 Å². The number of carbonyl (C=O) groups is 1. The van der Waals surface area contributed by atoms with E-state index in [1.165, 1.54) is 6.07 Å². The molecule has 1 saturated heterocycles. The van der Waals surface area contributed by atoms with E-state index in [1.54, 1.807) is 18.3 Å². The van der Waals surface area contributed by atoms with Crippen molar-refractivity contribution in [3.05, 3.63) is 34.7 Å². The Labute approximate surface area is 129 Å². The molecule has 0 amide bonds. The van der Waals surface area contributed by atoms with E-state index >= 15 is 0 Å². The summed E-state index contributed by atoms with van der Waals surface area (Å²) in [6, 6.07) is 4.78. The molecular formula is C15H14BrFN2O2. The molecule has 6 heteroatoms. The summed E-state index contributed by atoms with van der Waals surface area (Å²) < 4.78 is 15.0. The highest BCUT2D eigenvalue weighted by Crippen LogP contribution is 2.34. The highest BCUT2D eigenvalue weighted by atomic mass is 79.9. The molecule has 0 radical (unpaired) electrons. The van der Waals surface area contributed by atoms with E-state index in [4.69, 9.17) is 0 Å². The Balaban J connectivity index is 2.08. The van der Waals surface area contributed by atoms with Crippen molar-refractivity contribution < 1.29 is 14.3 Å². The lowest BCUT2D eigenvalue weighted by atomic mass is 9.97. The van der Waals surface area contributed by atoms with Crippen LogP contribution in [0.3, 0.4) is 0 Å². The largest absolute Gasteiger partial charge is 0.481 e. The van der Waals surface area contributed by atoms with E-state index in [-0.39, 0.29) is 5.82 Å². The summed E-state index contributed by atoms with van der Waals surface area (Å²) in [6.45, 7) is 1.13. The van der Waals surface area contributed by atoms with Crippen LogP contribution in [0, 0.1) is 11.7 Å². The zero-order valence-electron chi connectivity index (χ0n) is 11.2. The fourth-order valence-electron chi connectivity index (χ4n) is 2.84. The fourth-order valence-corrected chi connectivity index (χ4v) is 3.27. The highest BCUT2D eigenvalue weighted by Gasteiger charge is 2.27. The molecule has 1 aromatic carbocycles. The average molecular weight is 353 g/mol. The lowest BCUT2D eigenvalue weighted by Crippen LogP contribution is -2.38. The number of rotatable bonds is 2. The normalized spacial score (nSPS) is 19.0. The maximum absolute atomic E-state index is 14.2. The van der Waals surface area contributed by atoms with Crippen molar-refractivity contribution in [1.82, 2.24) is 4.98 Å². The van der Waals surface area contributed by atoms with Gasteiger partial charge in [-0.2, -0.15) is 0 Å². The number of hydrogen-bond donors (Lipinski definition) is 1. The summed E-state index contributed by atoms with van der Waals surface area (Å²) in [5.74, 6) is -1.54. The first kappa shape index (κ1) is 14.3. The summed E-state index contributed by atoms with van der Waals surface area (Å²) in [7, 11) is 0. The fraction of sp³-hybridized carbons (Fsp3) is 0.333. The van der Waals surface area contributed by atoms with E-state index in [2.05, 4.69) is 20.9 Å². The summed E-state index contributed by atoms with van der Waals surface area (Å²) in [5, 5.41) is 9.64. The van der Waals surface area contributed by atoms with Crippen LogP contribution in [0.25, 0.3) is 10.9 Å². The van der Waals surface area contributed by atoms with Gasteiger partial charge < -0.3 is 10.0 Å². The number of aromatic nitrogens is 1. The molecule has 1 aromatic heterocycles. The smallest absolute Gasteiger partial charge is 0.308 e. The van der Waals surface area contributed by atoms with Gasteiger partial charge in [-0.3, -0.25) is 9.78 Å². The van der Waals surface area contributed by atoms with Crippen LogP contribution < -0.4 is 4.90 Å². The Morgan fingerprint density at radius 1 is 1.43 bits per heavy atom. The summed E-state index contributed by atoms with van der Waals surface area (Å²) in [6.07, 6.45) is 3.09. The van der Waals surface area contributed by atoms with E-state index in [1.807, 2.05) is 4.90 Å². The third kappa shape index (κ3) is 2.60. The van der Waals surface area contributed by atoms with Gasteiger partial charge in [-0.05, 0) is 47.0 Å². The zero-order chi connectivity index (χ0) is 15.0. The number of piperidine rings is 1. The number of carboxylic acid groups (broad SMARTS) is 1. The standard InChI is InChI=1S/C15H14BrFN2O2/c16-10-3-4-11(17)13-12(5-6-18-14(10)13)19-7-1-2-9(8-19)15(20)21/h3-6,9H,1-2,7-8H2,(H,20,21). The molecule has 4 nitrogen and oxygen atoms in total. The predicted molar refractivity (Wildman–Crippen MR) is 82.0 cm³/mol. The summed E-state index contributed by atoms with van der Waals surface area (Å²) in [4.78, 5) is 17.4. The van der Waals surface area contributed by atoms with Crippen molar-refractivity contribution in [2.75, 3.05) is 18.0 Å².